The lowest BCUT2D eigenvalue weighted by molar-refractivity contribution is -0.383. The third-order valence-corrected chi connectivity index (χ3v) is 2.53. The smallest absolute Gasteiger partial charge is 0.292 e. The molecule has 1 amide bonds. The first-order chi connectivity index (χ1) is 8.61. The quantitative estimate of drug-likeness (QED) is 0.516. The third-order valence-electron chi connectivity index (χ3n) is 2.53. The van der Waals surface area contributed by atoms with Crippen molar-refractivity contribution in [3.63, 3.8) is 0 Å². The molecule has 2 N–H and O–H groups in total. The van der Waals surface area contributed by atoms with Crippen LogP contribution in [0, 0.1) is 15.5 Å². The number of nitro groups is 1. The SMILES string of the molecule is CN(CC(C)(C)C)C(=O)c1ccc([N+](=O)[O-])c(N)c1. The van der Waals surface area contributed by atoms with Crippen molar-refractivity contribution in [2.75, 3.05) is 19.3 Å². The van der Waals surface area contributed by atoms with Gasteiger partial charge in [0.15, 0.2) is 0 Å². The van der Waals surface area contributed by atoms with E-state index in [-0.39, 0.29) is 22.7 Å². The Morgan fingerprint density at radius 2 is 2.00 bits per heavy atom. The van der Waals surface area contributed by atoms with Crippen molar-refractivity contribution in [1.82, 2.24) is 4.90 Å². The van der Waals surface area contributed by atoms with Crippen molar-refractivity contribution in [2.45, 2.75) is 20.8 Å². The van der Waals surface area contributed by atoms with E-state index in [9.17, 15) is 14.9 Å². The fourth-order valence-corrected chi connectivity index (χ4v) is 1.86. The maximum absolute atomic E-state index is 12.2. The minimum Gasteiger partial charge on any atom is -0.393 e. The summed E-state index contributed by atoms with van der Waals surface area (Å²) in [5, 5.41) is 10.7. The van der Waals surface area contributed by atoms with Gasteiger partial charge in [-0.1, -0.05) is 20.8 Å². The van der Waals surface area contributed by atoms with Crippen molar-refractivity contribution in [3.05, 3.63) is 33.9 Å². The van der Waals surface area contributed by atoms with Crippen LogP contribution in [0.5, 0.6) is 0 Å². The van der Waals surface area contributed by atoms with Crippen LogP contribution in [0.1, 0.15) is 31.1 Å². The summed E-state index contributed by atoms with van der Waals surface area (Å²) in [6, 6.07) is 4.03. The molecule has 0 saturated carbocycles. The molecule has 1 rings (SSSR count). The topological polar surface area (TPSA) is 89.5 Å². The molecule has 19 heavy (non-hydrogen) atoms. The summed E-state index contributed by atoms with van der Waals surface area (Å²) in [6.45, 7) is 6.67. The second-order valence-electron chi connectivity index (χ2n) is 5.75. The largest absolute Gasteiger partial charge is 0.393 e. The molecule has 0 saturated heterocycles. The number of rotatable bonds is 3. The van der Waals surface area contributed by atoms with Crippen LogP contribution < -0.4 is 5.73 Å². The summed E-state index contributed by atoms with van der Waals surface area (Å²) < 4.78 is 0. The lowest BCUT2D eigenvalue weighted by Gasteiger charge is -2.26. The van der Waals surface area contributed by atoms with Gasteiger partial charge >= 0.3 is 0 Å². The maximum Gasteiger partial charge on any atom is 0.292 e. The Morgan fingerprint density at radius 1 is 1.42 bits per heavy atom. The number of benzene rings is 1. The van der Waals surface area contributed by atoms with Crippen molar-refractivity contribution in [1.29, 1.82) is 0 Å². The molecule has 0 aliphatic carbocycles. The van der Waals surface area contributed by atoms with Gasteiger partial charge < -0.3 is 10.6 Å². The number of carbonyl (C=O) groups excluding carboxylic acids is 1. The summed E-state index contributed by atoms with van der Waals surface area (Å²) >= 11 is 0. The number of hydrogen-bond donors (Lipinski definition) is 1. The molecule has 0 aliphatic heterocycles. The van der Waals surface area contributed by atoms with Gasteiger partial charge in [-0.2, -0.15) is 0 Å². The van der Waals surface area contributed by atoms with E-state index in [1.54, 1.807) is 11.9 Å². The minimum absolute atomic E-state index is 0.00000803. The molecule has 0 aromatic heterocycles. The van der Waals surface area contributed by atoms with Gasteiger partial charge in [-0.3, -0.25) is 14.9 Å². The van der Waals surface area contributed by atoms with E-state index in [1.807, 2.05) is 20.8 Å². The number of nitrogens with two attached hydrogens (primary N) is 1. The summed E-state index contributed by atoms with van der Waals surface area (Å²) in [4.78, 5) is 23.8. The predicted molar refractivity (Wildman–Crippen MR) is 73.9 cm³/mol. The molecule has 6 heteroatoms. The van der Waals surface area contributed by atoms with Crippen molar-refractivity contribution in [3.8, 4) is 0 Å². The number of amides is 1. The van der Waals surface area contributed by atoms with Crippen molar-refractivity contribution >= 4 is 17.3 Å². The Bertz CT molecular complexity index is 506. The van der Waals surface area contributed by atoms with Gasteiger partial charge in [0.25, 0.3) is 11.6 Å². The van der Waals surface area contributed by atoms with Gasteiger partial charge in [0.05, 0.1) is 4.92 Å². The normalized spacial score (nSPS) is 11.2. The van der Waals surface area contributed by atoms with E-state index in [0.717, 1.165) is 0 Å². The van der Waals surface area contributed by atoms with E-state index in [4.69, 9.17) is 5.73 Å². The van der Waals surface area contributed by atoms with Gasteiger partial charge in [0, 0.05) is 25.2 Å². The van der Waals surface area contributed by atoms with Gasteiger partial charge in [-0.15, -0.1) is 0 Å². The number of carbonyl (C=O) groups is 1. The zero-order valence-corrected chi connectivity index (χ0v) is 11.6. The molecule has 6 nitrogen and oxygen atoms in total. The predicted octanol–water partition coefficient (Wildman–Crippen LogP) is 2.30. The Kier molecular flexibility index (Phi) is 4.14. The summed E-state index contributed by atoms with van der Waals surface area (Å²) in [5.74, 6) is -0.198. The zero-order valence-electron chi connectivity index (χ0n) is 11.6. The highest BCUT2D eigenvalue weighted by molar-refractivity contribution is 5.95. The number of nitrogens with zero attached hydrogens (tertiary/aromatic N) is 2. The first kappa shape index (κ1) is 14.9. The highest BCUT2D eigenvalue weighted by Gasteiger charge is 2.20. The molecule has 0 radical (unpaired) electrons. The van der Waals surface area contributed by atoms with E-state index in [1.165, 1.54) is 18.2 Å². The second-order valence-corrected chi connectivity index (χ2v) is 5.75. The van der Waals surface area contributed by atoms with Gasteiger partial charge in [0.1, 0.15) is 5.69 Å². The lowest BCUT2D eigenvalue weighted by Crippen LogP contribution is -2.34. The van der Waals surface area contributed by atoms with Crippen LogP contribution in [0.3, 0.4) is 0 Å². The first-order valence-corrected chi connectivity index (χ1v) is 5.91. The minimum atomic E-state index is -0.567. The van der Waals surface area contributed by atoms with Gasteiger partial charge in [-0.25, -0.2) is 0 Å². The molecule has 0 atom stereocenters. The third kappa shape index (κ3) is 3.94. The average Bonchev–Trinajstić information content (AvgIpc) is 2.24. The molecule has 1 aromatic carbocycles. The first-order valence-electron chi connectivity index (χ1n) is 5.91. The molecule has 0 bridgehead atoms. The highest BCUT2D eigenvalue weighted by atomic mass is 16.6. The van der Waals surface area contributed by atoms with Crippen LogP contribution in [-0.2, 0) is 0 Å². The Hall–Kier alpha value is -2.11. The van der Waals surface area contributed by atoms with Crippen LogP contribution in [0.2, 0.25) is 0 Å². The van der Waals surface area contributed by atoms with Crippen LogP contribution >= 0.6 is 0 Å². The number of anilines is 1. The molecule has 1 aromatic rings. The Morgan fingerprint density at radius 3 is 2.42 bits per heavy atom. The maximum atomic E-state index is 12.2. The van der Waals surface area contributed by atoms with Gasteiger partial charge in [0.2, 0.25) is 0 Å². The van der Waals surface area contributed by atoms with E-state index in [0.29, 0.717) is 12.1 Å². The fraction of sp³-hybridized carbons (Fsp3) is 0.462. The molecular weight excluding hydrogens is 246 g/mol. The van der Waals surface area contributed by atoms with Gasteiger partial charge in [-0.05, 0) is 17.5 Å². The molecule has 104 valence electrons. The van der Waals surface area contributed by atoms with Crippen molar-refractivity contribution < 1.29 is 9.72 Å². The molecule has 0 fully saturated rings. The number of nitro benzene ring substituents is 1. The zero-order chi connectivity index (χ0) is 14.8. The molecule has 0 aliphatic rings. The molecule has 0 unspecified atom stereocenters. The van der Waals surface area contributed by atoms with Crippen LogP contribution in [-0.4, -0.2) is 29.3 Å². The van der Waals surface area contributed by atoms with E-state index < -0.39 is 4.92 Å². The Balaban J connectivity index is 2.95. The Labute approximate surface area is 112 Å². The second kappa shape index (κ2) is 5.26. The lowest BCUT2D eigenvalue weighted by atomic mass is 9.96. The van der Waals surface area contributed by atoms with Crippen molar-refractivity contribution in [2.24, 2.45) is 5.41 Å². The van der Waals surface area contributed by atoms with Crippen LogP contribution in [0.15, 0.2) is 18.2 Å². The monoisotopic (exact) mass is 265 g/mol. The fourth-order valence-electron chi connectivity index (χ4n) is 1.86. The molecular formula is C13H19N3O3. The average molecular weight is 265 g/mol. The number of hydrogen-bond acceptors (Lipinski definition) is 4. The van der Waals surface area contributed by atoms with Crippen LogP contribution in [0.25, 0.3) is 0 Å². The van der Waals surface area contributed by atoms with E-state index in [2.05, 4.69) is 0 Å². The highest BCUT2D eigenvalue weighted by Crippen LogP contribution is 2.23. The summed E-state index contributed by atoms with van der Waals surface area (Å²) in [7, 11) is 1.70. The molecule has 0 heterocycles. The summed E-state index contributed by atoms with van der Waals surface area (Å²) in [5.41, 5.74) is 5.73. The van der Waals surface area contributed by atoms with E-state index >= 15 is 0 Å². The van der Waals surface area contributed by atoms with Crippen LogP contribution in [0.4, 0.5) is 11.4 Å². The number of nitrogen functional groups attached to an aromatic ring is 1. The molecule has 0 spiro atoms. The standard InChI is InChI=1S/C13H19N3O3/c1-13(2,3)8-15(4)12(17)9-5-6-11(16(18)19)10(14)7-9/h5-7H,8,14H2,1-4H3. The summed E-state index contributed by atoms with van der Waals surface area (Å²) in [6.07, 6.45) is 0.